The average Bonchev–Trinajstić information content (AvgIpc) is 2.77. The summed E-state index contributed by atoms with van der Waals surface area (Å²) in [5, 5.41) is 19.2. The van der Waals surface area contributed by atoms with Gasteiger partial charge in [0.1, 0.15) is 0 Å². The molecule has 0 saturated carbocycles. The molecule has 0 aliphatic heterocycles. The normalized spacial score (nSPS) is 11.3. The predicted molar refractivity (Wildman–Crippen MR) is 86.4 cm³/mol. The molecule has 0 unspecified atom stereocenters. The van der Waals surface area contributed by atoms with Crippen LogP contribution in [-0.4, -0.2) is 33.1 Å². The minimum Gasteiger partial charge on any atom is -0.394 e. The van der Waals surface area contributed by atoms with Crippen LogP contribution in [0.3, 0.4) is 0 Å². The van der Waals surface area contributed by atoms with Crippen molar-refractivity contribution in [3.05, 3.63) is 41.7 Å². The van der Waals surface area contributed by atoms with Crippen molar-refractivity contribution in [1.82, 2.24) is 15.1 Å². The van der Waals surface area contributed by atoms with Crippen LogP contribution in [0, 0.1) is 13.8 Å². The highest BCUT2D eigenvalue weighted by Gasteiger charge is 2.20. The van der Waals surface area contributed by atoms with Gasteiger partial charge in [0.25, 0.3) is 0 Å². The molecule has 1 aromatic heterocycles. The number of nitrogens with zero attached hydrogens (tertiary/aromatic N) is 2. The molecular formula is C16H22N4O2. The van der Waals surface area contributed by atoms with E-state index in [0.29, 0.717) is 5.69 Å². The molecule has 3 N–H and O–H groups in total. The van der Waals surface area contributed by atoms with Crippen LogP contribution in [0.1, 0.15) is 25.2 Å². The first-order chi connectivity index (χ1) is 10.3. The van der Waals surface area contributed by atoms with E-state index in [4.69, 9.17) is 0 Å². The third-order valence-electron chi connectivity index (χ3n) is 3.24. The van der Waals surface area contributed by atoms with Crippen molar-refractivity contribution < 1.29 is 9.90 Å². The summed E-state index contributed by atoms with van der Waals surface area (Å²) in [6, 6.07) is 9.07. The number of hydrogen-bond donors (Lipinski definition) is 3. The van der Waals surface area contributed by atoms with Gasteiger partial charge in [-0.3, -0.25) is 0 Å². The number of aromatic nitrogens is 2. The molecule has 118 valence electrons. The molecule has 2 amide bonds. The van der Waals surface area contributed by atoms with Crippen molar-refractivity contribution in [2.75, 3.05) is 11.9 Å². The molecule has 1 heterocycles. The van der Waals surface area contributed by atoms with Crippen LogP contribution < -0.4 is 10.6 Å². The number of para-hydroxylation sites is 2. The largest absolute Gasteiger partial charge is 0.394 e. The van der Waals surface area contributed by atoms with Gasteiger partial charge in [-0.2, -0.15) is 5.10 Å². The second-order valence-electron chi connectivity index (χ2n) is 5.98. The van der Waals surface area contributed by atoms with Gasteiger partial charge in [-0.15, -0.1) is 0 Å². The Balaban J connectivity index is 2.26. The van der Waals surface area contributed by atoms with Gasteiger partial charge in [-0.1, -0.05) is 12.1 Å². The first-order valence-electron chi connectivity index (χ1n) is 7.15. The summed E-state index contributed by atoms with van der Waals surface area (Å²) >= 11 is 0. The number of urea groups is 1. The predicted octanol–water partition coefficient (Wildman–Crippen LogP) is 2.38. The molecule has 0 atom stereocenters. The van der Waals surface area contributed by atoms with E-state index >= 15 is 0 Å². The first kappa shape index (κ1) is 16.0. The molecule has 0 spiro atoms. The number of aliphatic hydroxyl groups excluding tert-OH is 1. The van der Waals surface area contributed by atoms with Crippen molar-refractivity contribution in [1.29, 1.82) is 0 Å². The fraction of sp³-hybridized carbons (Fsp3) is 0.375. The topological polar surface area (TPSA) is 79.2 Å². The Bertz CT molecular complexity index is 677. The zero-order valence-corrected chi connectivity index (χ0v) is 13.3. The fourth-order valence-corrected chi connectivity index (χ4v) is 2.14. The maximum atomic E-state index is 12.1. The van der Waals surface area contributed by atoms with Crippen molar-refractivity contribution in [2.45, 2.75) is 33.2 Å². The maximum absolute atomic E-state index is 12.1. The van der Waals surface area contributed by atoms with E-state index in [2.05, 4.69) is 15.7 Å². The van der Waals surface area contributed by atoms with Gasteiger partial charge in [-0.05, 0) is 45.9 Å². The number of rotatable bonds is 4. The van der Waals surface area contributed by atoms with Crippen LogP contribution in [0.25, 0.3) is 5.69 Å². The molecule has 22 heavy (non-hydrogen) atoms. The molecule has 0 bridgehead atoms. The van der Waals surface area contributed by atoms with Gasteiger partial charge >= 0.3 is 6.03 Å². The number of carbonyl (C=O) groups excluding carboxylic acids is 1. The lowest BCUT2D eigenvalue weighted by molar-refractivity contribution is 0.187. The lowest BCUT2D eigenvalue weighted by Gasteiger charge is -2.24. The SMILES string of the molecule is Cc1cc(C)n(-c2ccccc2NC(=O)NC(C)(C)CO)n1. The number of benzene rings is 1. The third-order valence-corrected chi connectivity index (χ3v) is 3.24. The van der Waals surface area contributed by atoms with Crippen LogP contribution in [0.2, 0.25) is 0 Å². The standard InChI is InChI=1S/C16H22N4O2/c1-11-9-12(2)20(19-11)14-8-6-5-7-13(14)17-15(22)18-16(3,4)10-21/h5-9,21H,10H2,1-4H3,(H2,17,18,22). The zero-order valence-electron chi connectivity index (χ0n) is 13.3. The summed E-state index contributed by atoms with van der Waals surface area (Å²) in [4.78, 5) is 12.1. The van der Waals surface area contributed by atoms with Gasteiger partial charge in [0.15, 0.2) is 0 Å². The Hall–Kier alpha value is -2.34. The van der Waals surface area contributed by atoms with E-state index in [1.807, 2.05) is 44.2 Å². The first-order valence-corrected chi connectivity index (χ1v) is 7.15. The fourth-order valence-electron chi connectivity index (χ4n) is 2.14. The molecule has 0 aliphatic rings. The Morgan fingerprint density at radius 3 is 2.59 bits per heavy atom. The van der Waals surface area contributed by atoms with Crippen LogP contribution in [-0.2, 0) is 0 Å². The van der Waals surface area contributed by atoms with Gasteiger partial charge in [0.05, 0.1) is 29.2 Å². The monoisotopic (exact) mass is 302 g/mol. The number of carbonyl (C=O) groups is 1. The molecule has 0 saturated heterocycles. The maximum Gasteiger partial charge on any atom is 0.319 e. The number of aliphatic hydroxyl groups is 1. The highest BCUT2D eigenvalue weighted by molar-refractivity contribution is 5.92. The summed E-state index contributed by atoms with van der Waals surface area (Å²) in [6.07, 6.45) is 0. The van der Waals surface area contributed by atoms with E-state index in [-0.39, 0.29) is 12.6 Å². The van der Waals surface area contributed by atoms with Crippen LogP contribution in [0.5, 0.6) is 0 Å². The molecule has 0 fully saturated rings. The molecule has 0 radical (unpaired) electrons. The lowest BCUT2D eigenvalue weighted by atomic mass is 10.1. The van der Waals surface area contributed by atoms with Crippen molar-refractivity contribution in [2.24, 2.45) is 0 Å². The summed E-state index contributed by atoms with van der Waals surface area (Å²) in [6.45, 7) is 7.25. The Morgan fingerprint density at radius 2 is 2.00 bits per heavy atom. The number of hydrogen-bond acceptors (Lipinski definition) is 3. The average molecular weight is 302 g/mol. The van der Waals surface area contributed by atoms with Crippen LogP contribution in [0.4, 0.5) is 10.5 Å². The zero-order chi connectivity index (χ0) is 16.3. The van der Waals surface area contributed by atoms with Gasteiger partial charge in [0.2, 0.25) is 0 Å². The highest BCUT2D eigenvalue weighted by Crippen LogP contribution is 2.21. The second-order valence-corrected chi connectivity index (χ2v) is 5.98. The Kier molecular flexibility index (Phi) is 4.51. The van der Waals surface area contributed by atoms with E-state index in [0.717, 1.165) is 17.1 Å². The Morgan fingerprint density at radius 1 is 1.32 bits per heavy atom. The molecule has 6 nitrogen and oxygen atoms in total. The summed E-state index contributed by atoms with van der Waals surface area (Å²) < 4.78 is 1.79. The summed E-state index contributed by atoms with van der Waals surface area (Å²) in [5.41, 5.74) is 2.67. The van der Waals surface area contributed by atoms with Gasteiger partial charge in [0, 0.05) is 5.69 Å². The molecule has 0 aliphatic carbocycles. The van der Waals surface area contributed by atoms with E-state index < -0.39 is 5.54 Å². The third kappa shape index (κ3) is 3.65. The summed E-state index contributed by atoms with van der Waals surface area (Å²) in [7, 11) is 0. The number of nitrogens with one attached hydrogen (secondary N) is 2. The van der Waals surface area contributed by atoms with Crippen LogP contribution >= 0.6 is 0 Å². The quantitative estimate of drug-likeness (QED) is 0.811. The van der Waals surface area contributed by atoms with Crippen LogP contribution in [0.15, 0.2) is 30.3 Å². The minimum atomic E-state index is -0.683. The van der Waals surface area contributed by atoms with Gasteiger partial charge < -0.3 is 15.7 Å². The molecule has 2 aromatic rings. The number of anilines is 1. The van der Waals surface area contributed by atoms with Crippen molar-refractivity contribution >= 4 is 11.7 Å². The molecule has 2 rings (SSSR count). The lowest BCUT2D eigenvalue weighted by Crippen LogP contribution is -2.48. The Labute approximate surface area is 130 Å². The molecule has 6 heteroatoms. The smallest absolute Gasteiger partial charge is 0.319 e. The molecule has 1 aromatic carbocycles. The summed E-state index contributed by atoms with van der Waals surface area (Å²) in [5.74, 6) is 0. The minimum absolute atomic E-state index is 0.139. The van der Waals surface area contributed by atoms with Gasteiger partial charge in [-0.25, -0.2) is 9.48 Å². The van der Waals surface area contributed by atoms with Crippen molar-refractivity contribution in [3.8, 4) is 5.69 Å². The van der Waals surface area contributed by atoms with E-state index in [9.17, 15) is 9.90 Å². The van der Waals surface area contributed by atoms with E-state index in [1.165, 1.54) is 0 Å². The second kappa shape index (κ2) is 6.19. The van der Waals surface area contributed by atoms with E-state index in [1.54, 1.807) is 18.5 Å². The number of aryl methyl sites for hydroxylation is 2. The van der Waals surface area contributed by atoms with Crippen molar-refractivity contribution in [3.63, 3.8) is 0 Å². The molecular weight excluding hydrogens is 280 g/mol. The highest BCUT2D eigenvalue weighted by atomic mass is 16.3. The number of amides is 2.